The average molecular weight is 261 g/mol. The Balaban J connectivity index is 1.75. The summed E-state index contributed by atoms with van der Waals surface area (Å²) in [5.41, 5.74) is 1.30. The van der Waals surface area contributed by atoms with Crippen LogP contribution in [0, 0.1) is 0 Å². The molecule has 5 heteroatoms. The summed E-state index contributed by atoms with van der Waals surface area (Å²) >= 11 is 1.79. The van der Waals surface area contributed by atoms with Gasteiger partial charge in [0, 0.05) is 30.4 Å². The second-order valence-corrected chi connectivity index (χ2v) is 5.54. The predicted octanol–water partition coefficient (Wildman–Crippen LogP) is 2.09. The molecular formula is C13H15N3OS. The fourth-order valence-corrected chi connectivity index (χ4v) is 3.21. The van der Waals surface area contributed by atoms with Crippen LogP contribution in [0.1, 0.15) is 23.4 Å². The van der Waals surface area contributed by atoms with Crippen molar-refractivity contribution in [2.24, 2.45) is 0 Å². The molecule has 1 aliphatic rings. The van der Waals surface area contributed by atoms with Crippen molar-refractivity contribution in [2.45, 2.75) is 25.9 Å². The van der Waals surface area contributed by atoms with Gasteiger partial charge in [-0.05, 0) is 36.4 Å². The Kier molecular flexibility index (Phi) is 2.91. The molecule has 2 aromatic rings. The van der Waals surface area contributed by atoms with Crippen LogP contribution in [0.15, 0.2) is 29.9 Å². The second-order valence-electron chi connectivity index (χ2n) is 4.54. The number of thiophene rings is 1. The highest BCUT2D eigenvalue weighted by Gasteiger charge is 2.26. The molecule has 0 fully saturated rings. The van der Waals surface area contributed by atoms with Crippen LogP contribution in [0.5, 0.6) is 0 Å². The van der Waals surface area contributed by atoms with E-state index in [1.807, 2.05) is 24.1 Å². The molecule has 2 aromatic heterocycles. The molecule has 0 radical (unpaired) electrons. The first-order chi connectivity index (χ1) is 8.75. The average Bonchev–Trinajstić information content (AvgIpc) is 3.06. The summed E-state index contributed by atoms with van der Waals surface area (Å²) < 4.78 is 1.71. The van der Waals surface area contributed by atoms with Gasteiger partial charge in [-0.2, -0.15) is 5.10 Å². The van der Waals surface area contributed by atoms with Gasteiger partial charge in [-0.3, -0.25) is 9.48 Å². The lowest BCUT2D eigenvalue weighted by molar-refractivity contribution is -0.135. The molecule has 0 aromatic carbocycles. The number of nitrogens with zero attached hydrogens (tertiary/aromatic N) is 3. The lowest BCUT2D eigenvalue weighted by atomic mass is 10.1. The minimum Gasteiger partial charge on any atom is -0.336 e. The van der Waals surface area contributed by atoms with Crippen LogP contribution >= 0.6 is 11.3 Å². The molecule has 0 saturated heterocycles. The summed E-state index contributed by atoms with van der Waals surface area (Å²) in [4.78, 5) is 15.8. The van der Waals surface area contributed by atoms with Gasteiger partial charge in [0.25, 0.3) is 0 Å². The van der Waals surface area contributed by atoms with Gasteiger partial charge in [0.1, 0.15) is 6.04 Å². The number of fused-ring (bicyclic) bond motifs is 1. The fraction of sp³-hybridized carbons (Fsp3) is 0.385. The third-order valence-electron chi connectivity index (χ3n) is 3.40. The van der Waals surface area contributed by atoms with Gasteiger partial charge in [0.15, 0.2) is 0 Å². The van der Waals surface area contributed by atoms with E-state index in [9.17, 15) is 4.79 Å². The molecule has 0 aliphatic carbocycles. The summed E-state index contributed by atoms with van der Waals surface area (Å²) in [6.45, 7) is 3.46. The molecule has 0 N–H and O–H groups in total. The van der Waals surface area contributed by atoms with Crippen LogP contribution in [0.2, 0.25) is 0 Å². The van der Waals surface area contributed by atoms with Gasteiger partial charge in [-0.25, -0.2) is 0 Å². The van der Waals surface area contributed by atoms with Crippen molar-refractivity contribution in [3.63, 3.8) is 0 Å². The van der Waals surface area contributed by atoms with Crippen LogP contribution in [-0.2, 0) is 17.8 Å². The maximum atomic E-state index is 12.4. The Labute approximate surface area is 110 Å². The van der Waals surface area contributed by atoms with Crippen molar-refractivity contribution in [3.05, 3.63) is 40.3 Å². The largest absolute Gasteiger partial charge is 0.336 e. The standard InChI is InChI=1S/C13H15N3OS/c1-10(16-6-2-5-14-16)13(17)15-7-3-12-11(9-15)4-8-18-12/h2,4-6,8,10H,3,7,9H2,1H3. The van der Waals surface area contributed by atoms with E-state index in [-0.39, 0.29) is 11.9 Å². The normalized spacial score (nSPS) is 16.4. The number of hydrogen-bond donors (Lipinski definition) is 0. The van der Waals surface area contributed by atoms with Crippen LogP contribution < -0.4 is 0 Å². The quantitative estimate of drug-likeness (QED) is 0.830. The van der Waals surface area contributed by atoms with E-state index in [0.717, 1.165) is 19.5 Å². The lowest BCUT2D eigenvalue weighted by Gasteiger charge is -2.29. The number of hydrogen-bond acceptors (Lipinski definition) is 3. The minimum absolute atomic E-state index is 0.149. The molecule has 4 nitrogen and oxygen atoms in total. The third-order valence-corrected chi connectivity index (χ3v) is 4.42. The van der Waals surface area contributed by atoms with E-state index in [1.165, 1.54) is 10.4 Å². The second kappa shape index (κ2) is 4.57. The smallest absolute Gasteiger partial charge is 0.247 e. The van der Waals surface area contributed by atoms with Crippen molar-refractivity contribution in [1.29, 1.82) is 0 Å². The Morgan fingerprint density at radius 1 is 1.56 bits per heavy atom. The summed E-state index contributed by atoms with van der Waals surface area (Å²) in [5, 5.41) is 6.24. The molecule has 0 bridgehead atoms. The van der Waals surface area contributed by atoms with Crippen molar-refractivity contribution in [1.82, 2.24) is 14.7 Å². The highest BCUT2D eigenvalue weighted by Crippen LogP contribution is 2.25. The zero-order valence-corrected chi connectivity index (χ0v) is 11.1. The molecule has 3 rings (SSSR count). The molecule has 1 atom stereocenters. The summed E-state index contributed by atoms with van der Waals surface area (Å²) in [6.07, 6.45) is 4.52. The van der Waals surface area contributed by atoms with Gasteiger partial charge in [-0.1, -0.05) is 0 Å². The monoisotopic (exact) mass is 261 g/mol. The SMILES string of the molecule is CC(C(=O)N1CCc2sccc2C1)n1cccn1. The van der Waals surface area contributed by atoms with Gasteiger partial charge in [-0.15, -0.1) is 11.3 Å². The lowest BCUT2D eigenvalue weighted by Crippen LogP contribution is -2.39. The van der Waals surface area contributed by atoms with E-state index < -0.39 is 0 Å². The molecule has 1 aliphatic heterocycles. The molecule has 3 heterocycles. The van der Waals surface area contributed by atoms with Crippen LogP contribution in [-0.4, -0.2) is 27.1 Å². The number of rotatable bonds is 2. The zero-order valence-electron chi connectivity index (χ0n) is 10.2. The Morgan fingerprint density at radius 2 is 2.44 bits per heavy atom. The zero-order chi connectivity index (χ0) is 12.5. The molecule has 1 unspecified atom stereocenters. The van der Waals surface area contributed by atoms with Crippen molar-refractivity contribution in [2.75, 3.05) is 6.54 Å². The molecule has 0 saturated carbocycles. The molecular weight excluding hydrogens is 246 g/mol. The molecule has 18 heavy (non-hydrogen) atoms. The maximum absolute atomic E-state index is 12.4. The van der Waals surface area contributed by atoms with E-state index in [1.54, 1.807) is 22.2 Å². The number of amides is 1. The Bertz CT molecular complexity index is 546. The van der Waals surface area contributed by atoms with Gasteiger partial charge in [0.05, 0.1) is 0 Å². The fourth-order valence-electron chi connectivity index (χ4n) is 2.32. The molecule has 0 spiro atoms. The van der Waals surface area contributed by atoms with E-state index in [2.05, 4.69) is 16.5 Å². The number of carbonyl (C=O) groups excluding carboxylic acids is 1. The Hall–Kier alpha value is -1.62. The number of aromatic nitrogens is 2. The maximum Gasteiger partial charge on any atom is 0.247 e. The summed E-state index contributed by atoms with van der Waals surface area (Å²) in [7, 11) is 0. The topological polar surface area (TPSA) is 38.1 Å². The highest BCUT2D eigenvalue weighted by molar-refractivity contribution is 7.10. The van der Waals surface area contributed by atoms with Crippen LogP contribution in [0.25, 0.3) is 0 Å². The summed E-state index contributed by atoms with van der Waals surface area (Å²) in [6, 6.07) is 3.75. The van der Waals surface area contributed by atoms with E-state index in [4.69, 9.17) is 0 Å². The minimum atomic E-state index is -0.222. The number of carbonyl (C=O) groups is 1. The van der Waals surface area contributed by atoms with E-state index >= 15 is 0 Å². The van der Waals surface area contributed by atoms with Crippen LogP contribution in [0.4, 0.5) is 0 Å². The first-order valence-electron chi connectivity index (χ1n) is 6.09. The van der Waals surface area contributed by atoms with Gasteiger partial charge in [0.2, 0.25) is 5.91 Å². The van der Waals surface area contributed by atoms with Crippen molar-refractivity contribution >= 4 is 17.2 Å². The van der Waals surface area contributed by atoms with Crippen molar-refractivity contribution in [3.8, 4) is 0 Å². The third kappa shape index (κ3) is 1.95. The van der Waals surface area contributed by atoms with Gasteiger partial charge < -0.3 is 4.90 Å². The molecule has 94 valence electrons. The Morgan fingerprint density at radius 3 is 3.22 bits per heavy atom. The summed E-state index contributed by atoms with van der Waals surface area (Å²) in [5.74, 6) is 0.149. The first-order valence-corrected chi connectivity index (χ1v) is 6.97. The van der Waals surface area contributed by atoms with Crippen molar-refractivity contribution < 1.29 is 4.79 Å². The predicted molar refractivity (Wildman–Crippen MR) is 70.4 cm³/mol. The highest BCUT2D eigenvalue weighted by atomic mass is 32.1. The van der Waals surface area contributed by atoms with Gasteiger partial charge >= 0.3 is 0 Å². The van der Waals surface area contributed by atoms with E-state index in [0.29, 0.717) is 0 Å². The van der Waals surface area contributed by atoms with Crippen LogP contribution in [0.3, 0.4) is 0 Å². The first kappa shape index (κ1) is 11.5. The molecule has 1 amide bonds.